The molecule has 0 saturated carbocycles. The highest BCUT2D eigenvalue weighted by Gasteiger charge is 2.15. The lowest BCUT2D eigenvalue weighted by molar-refractivity contribution is 0.0690. The molecule has 0 aliphatic carbocycles. The minimum atomic E-state index is -1.60. The number of carboxylic acid groups (broad SMARTS) is 1. The molecule has 5 nitrogen and oxygen atoms in total. The first-order valence-corrected chi connectivity index (χ1v) is 4.57. The Kier molecular flexibility index (Phi) is 2.60. The van der Waals surface area contributed by atoms with Gasteiger partial charge in [0.2, 0.25) is 0 Å². The van der Waals surface area contributed by atoms with Crippen LogP contribution in [0.15, 0.2) is 30.5 Å². The van der Waals surface area contributed by atoms with Gasteiger partial charge in [-0.3, -0.25) is 0 Å². The van der Waals surface area contributed by atoms with E-state index in [2.05, 4.69) is 4.98 Å². The average Bonchev–Trinajstić information content (AvgIpc) is 2.27. The lowest BCUT2D eigenvalue weighted by Crippen LogP contribution is -2.30. The topological polar surface area (TPSA) is 90.7 Å². The summed E-state index contributed by atoms with van der Waals surface area (Å²) in [5.41, 5.74) is 0.235. The quantitative estimate of drug-likeness (QED) is 0.596. The maximum Gasteiger partial charge on any atom is 0.489 e. The van der Waals surface area contributed by atoms with Crippen LogP contribution in [-0.2, 0) is 0 Å². The molecule has 0 spiro atoms. The van der Waals surface area contributed by atoms with Crippen LogP contribution in [-0.4, -0.2) is 33.2 Å². The van der Waals surface area contributed by atoms with Crippen molar-refractivity contribution < 1.29 is 19.9 Å². The Hall–Kier alpha value is -1.92. The summed E-state index contributed by atoms with van der Waals surface area (Å²) in [5.74, 6) is -1.11. The molecule has 0 radical (unpaired) electrons. The van der Waals surface area contributed by atoms with Crippen molar-refractivity contribution in [2.45, 2.75) is 0 Å². The lowest BCUT2D eigenvalue weighted by atomic mass is 9.77. The second kappa shape index (κ2) is 3.92. The molecule has 0 saturated heterocycles. The summed E-state index contributed by atoms with van der Waals surface area (Å²) in [6, 6.07) is 6.26. The van der Waals surface area contributed by atoms with E-state index in [0.717, 1.165) is 0 Å². The van der Waals surface area contributed by atoms with Gasteiger partial charge >= 0.3 is 13.1 Å². The number of hydrogen-bond donors (Lipinski definition) is 3. The van der Waals surface area contributed by atoms with Gasteiger partial charge in [-0.25, -0.2) is 9.78 Å². The van der Waals surface area contributed by atoms with Crippen LogP contribution in [0.4, 0.5) is 0 Å². The SMILES string of the molecule is O=C(O)c1cc2cccc(B(O)O)c2cn1. The number of aromatic carboxylic acids is 1. The summed E-state index contributed by atoms with van der Waals surface area (Å²) < 4.78 is 0. The third kappa shape index (κ3) is 1.76. The van der Waals surface area contributed by atoms with Crippen LogP contribution in [0.25, 0.3) is 10.8 Å². The number of carbonyl (C=O) groups is 1. The Labute approximate surface area is 91.1 Å². The van der Waals surface area contributed by atoms with Crippen LogP contribution in [0.2, 0.25) is 0 Å². The highest BCUT2D eigenvalue weighted by atomic mass is 16.4. The molecule has 16 heavy (non-hydrogen) atoms. The number of pyridine rings is 1. The van der Waals surface area contributed by atoms with E-state index in [9.17, 15) is 4.79 Å². The zero-order valence-corrected chi connectivity index (χ0v) is 8.16. The van der Waals surface area contributed by atoms with Crippen molar-refractivity contribution >= 4 is 29.3 Å². The number of benzene rings is 1. The third-order valence-corrected chi connectivity index (χ3v) is 2.30. The van der Waals surface area contributed by atoms with Gasteiger partial charge in [0.25, 0.3) is 0 Å². The van der Waals surface area contributed by atoms with E-state index in [0.29, 0.717) is 16.2 Å². The van der Waals surface area contributed by atoms with Crippen molar-refractivity contribution in [3.63, 3.8) is 0 Å². The second-order valence-corrected chi connectivity index (χ2v) is 3.32. The van der Waals surface area contributed by atoms with Crippen LogP contribution in [0, 0.1) is 0 Å². The van der Waals surface area contributed by atoms with Crippen LogP contribution in [0.3, 0.4) is 0 Å². The number of fused-ring (bicyclic) bond motifs is 1. The van der Waals surface area contributed by atoms with Gasteiger partial charge < -0.3 is 15.2 Å². The minimum Gasteiger partial charge on any atom is -0.477 e. The fourth-order valence-corrected chi connectivity index (χ4v) is 1.54. The lowest BCUT2D eigenvalue weighted by Gasteiger charge is -2.05. The number of rotatable bonds is 2. The van der Waals surface area contributed by atoms with Gasteiger partial charge in [0.05, 0.1) is 0 Å². The number of hydrogen-bond acceptors (Lipinski definition) is 4. The third-order valence-electron chi connectivity index (χ3n) is 2.30. The highest BCUT2D eigenvalue weighted by Crippen LogP contribution is 2.12. The Bertz CT molecular complexity index is 556. The molecule has 0 aliphatic rings. The molecule has 0 fully saturated rings. The van der Waals surface area contributed by atoms with Crippen LogP contribution < -0.4 is 5.46 Å². The van der Waals surface area contributed by atoms with Crippen molar-refractivity contribution in [2.75, 3.05) is 0 Å². The molecule has 0 unspecified atom stereocenters. The Balaban J connectivity index is 2.68. The van der Waals surface area contributed by atoms with Gasteiger partial charge in [-0.1, -0.05) is 18.2 Å². The average molecular weight is 217 g/mol. The predicted molar refractivity (Wildman–Crippen MR) is 58.5 cm³/mol. The summed E-state index contributed by atoms with van der Waals surface area (Å²) in [6.45, 7) is 0. The molecular formula is C10H8BNO4. The Morgan fingerprint density at radius 1 is 1.31 bits per heavy atom. The summed E-state index contributed by atoms with van der Waals surface area (Å²) in [7, 11) is -1.60. The maximum atomic E-state index is 10.7. The molecule has 0 atom stereocenters. The normalized spacial score (nSPS) is 10.4. The fourth-order valence-electron chi connectivity index (χ4n) is 1.54. The molecule has 2 rings (SSSR count). The Morgan fingerprint density at radius 3 is 2.69 bits per heavy atom. The molecule has 1 heterocycles. The van der Waals surface area contributed by atoms with E-state index in [1.807, 2.05) is 0 Å². The van der Waals surface area contributed by atoms with E-state index in [1.54, 1.807) is 18.2 Å². The Morgan fingerprint density at radius 2 is 2.06 bits per heavy atom. The molecule has 80 valence electrons. The van der Waals surface area contributed by atoms with Gasteiger partial charge in [-0.15, -0.1) is 0 Å². The van der Waals surface area contributed by atoms with Crippen LogP contribution in [0.5, 0.6) is 0 Å². The van der Waals surface area contributed by atoms with Gasteiger partial charge in [0, 0.05) is 6.20 Å². The van der Waals surface area contributed by atoms with Crippen LogP contribution in [0.1, 0.15) is 10.5 Å². The molecular weight excluding hydrogens is 209 g/mol. The van der Waals surface area contributed by atoms with Crippen molar-refractivity contribution in [1.29, 1.82) is 0 Å². The molecule has 1 aromatic heterocycles. The zero-order chi connectivity index (χ0) is 11.7. The van der Waals surface area contributed by atoms with Crippen molar-refractivity contribution in [3.8, 4) is 0 Å². The number of carboxylic acids is 1. The monoisotopic (exact) mass is 217 g/mol. The fraction of sp³-hybridized carbons (Fsp3) is 0. The maximum absolute atomic E-state index is 10.7. The summed E-state index contributed by atoms with van der Waals surface area (Å²) in [5, 5.41) is 28.1. The van der Waals surface area contributed by atoms with E-state index in [4.69, 9.17) is 15.2 Å². The van der Waals surface area contributed by atoms with Crippen molar-refractivity contribution in [3.05, 3.63) is 36.2 Å². The first kappa shape index (κ1) is 10.6. The molecule has 3 N–H and O–H groups in total. The highest BCUT2D eigenvalue weighted by molar-refractivity contribution is 6.61. The van der Waals surface area contributed by atoms with Gasteiger partial charge in [0.1, 0.15) is 5.69 Å². The number of nitrogens with zero attached hydrogens (tertiary/aromatic N) is 1. The predicted octanol–water partition coefficient (Wildman–Crippen LogP) is -0.387. The van der Waals surface area contributed by atoms with E-state index < -0.39 is 13.1 Å². The van der Waals surface area contributed by atoms with Gasteiger partial charge in [-0.2, -0.15) is 0 Å². The molecule has 0 amide bonds. The summed E-state index contributed by atoms with van der Waals surface area (Å²) in [6.07, 6.45) is 1.33. The zero-order valence-electron chi connectivity index (χ0n) is 8.16. The molecule has 0 bridgehead atoms. The number of aromatic nitrogens is 1. The molecule has 0 aliphatic heterocycles. The second-order valence-electron chi connectivity index (χ2n) is 3.32. The summed E-state index contributed by atoms with van der Waals surface area (Å²) >= 11 is 0. The summed E-state index contributed by atoms with van der Waals surface area (Å²) in [4.78, 5) is 14.4. The van der Waals surface area contributed by atoms with E-state index in [1.165, 1.54) is 12.3 Å². The van der Waals surface area contributed by atoms with Crippen LogP contribution >= 0.6 is 0 Å². The van der Waals surface area contributed by atoms with Crippen molar-refractivity contribution in [2.24, 2.45) is 0 Å². The first-order valence-electron chi connectivity index (χ1n) is 4.57. The van der Waals surface area contributed by atoms with E-state index >= 15 is 0 Å². The minimum absolute atomic E-state index is 0.0721. The van der Waals surface area contributed by atoms with Gasteiger partial charge in [-0.05, 0) is 22.3 Å². The van der Waals surface area contributed by atoms with Crippen molar-refractivity contribution in [1.82, 2.24) is 4.98 Å². The molecule has 1 aromatic carbocycles. The first-order chi connectivity index (χ1) is 7.59. The molecule has 2 aromatic rings. The van der Waals surface area contributed by atoms with E-state index in [-0.39, 0.29) is 5.69 Å². The smallest absolute Gasteiger partial charge is 0.477 e. The standard InChI is InChI=1S/C10H8BNO4/c13-10(14)9-4-6-2-1-3-8(11(15)16)7(6)5-12-9/h1-5,15-16H,(H,13,14). The molecule has 6 heteroatoms. The largest absolute Gasteiger partial charge is 0.489 e. The van der Waals surface area contributed by atoms with Gasteiger partial charge in [0.15, 0.2) is 0 Å².